The van der Waals surface area contributed by atoms with Crippen LogP contribution >= 0.6 is 0 Å². The number of hydrogen-bond acceptors (Lipinski definition) is 9. The molecular formula is C22H27N5O5. The minimum Gasteiger partial charge on any atom is -0.493 e. The Morgan fingerprint density at radius 1 is 1.22 bits per heavy atom. The van der Waals surface area contributed by atoms with Gasteiger partial charge in [-0.1, -0.05) is 0 Å². The third-order valence-corrected chi connectivity index (χ3v) is 5.81. The SMILES string of the molecule is COc1cc(Nc2nc(N3CCC(O)(CO)CC3)nc3cc[nH]c(=O)c23)cc(C)c1OC. The lowest BCUT2D eigenvalue weighted by Gasteiger charge is -2.37. The third kappa shape index (κ3) is 4.06. The number of nitrogens with one attached hydrogen (secondary N) is 2. The number of piperidine rings is 1. The molecule has 3 heterocycles. The second-order valence-corrected chi connectivity index (χ2v) is 7.96. The van der Waals surface area contributed by atoms with Gasteiger partial charge in [0.1, 0.15) is 11.2 Å². The number of benzene rings is 1. The average molecular weight is 441 g/mol. The van der Waals surface area contributed by atoms with E-state index < -0.39 is 5.60 Å². The first-order chi connectivity index (χ1) is 15.4. The zero-order valence-electron chi connectivity index (χ0n) is 18.3. The Labute approximate surface area is 184 Å². The molecule has 1 saturated heterocycles. The molecule has 1 fully saturated rings. The first-order valence-corrected chi connectivity index (χ1v) is 10.3. The second-order valence-electron chi connectivity index (χ2n) is 7.96. The molecule has 3 aromatic rings. The fourth-order valence-corrected chi connectivity index (χ4v) is 3.96. The van der Waals surface area contributed by atoms with Gasteiger partial charge in [-0.15, -0.1) is 0 Å². The number of anilines is 3. The lowest BCUT2D eigenvalue weighted by Crippen LogP contribution is -2.47. The van der Waals surface area contributed by atoms with Gasteiger partial charge in [-0.25, -0.2) is 4.98 Å². The first kappa shape index (κ1) is 21.8. The highest BCUT2D eigenvalue weighted by Gasteiger charge is 2.32. The molecule has 10 nitrogen and oxygen atoms in total. The van der Waals surface area contributed by atoms with Crippen molar-refractivity contribution in [2.24, 2.45) is 0 Å². The summed E-state index contributed by atoms with van der Waals surface area (Å²) in [6.45, 7) is 2.60. The summed E-state index contributed by atoms with van der Waals surface area (Å²) >= 11 is 0. The molecule has 0 saturated carbocycles. The fraction of sp³-hybridized carbons (Fsp3) is 0.409. The van der Waals surface area contributed by atoms with E-state index in [1.54, 1.807) is 32.5 Å². The maximum absolute atomic E-state index is 12.6. The molecule has 4 N–H and O–H groups in total. The van der Waals surface area contributed by atoms with E-state index in [0.29, 0.717) is 65.8 Å². The number of H-pyrrole nitrogens is 1. The second kappa shape index (κ2) is 8.64. The molecule has 4 rings (SSSR count). The number of hydrogen-bond donors (Lipinski definition) is 4. The third-order valence-electron chi connectivity index (χ3n) is 5.81. The van der Waals surface area contributed by atoms with Crippen LogP contribution in [0.25, 0.3) is 10.9 Å². The summed E-state index contributed by atoms with van der Waals surface area (Å²) in [6.07, 6.45) is 2.35. The van der Waals surface area contributed by atoms with Gasteiger partial charge < -0.3 is 34.9 Å². The number of aromatic amines is 1. The topological polar surface area (TPSA) is 133 Å². The summed E-state index contributed by atoms with van der Waals surface area (Å²) in [7, 11) is 3.14. The Morgan fingerprint density at radius 2 is 1.97 bits per heavy atom. The van der Waals surface area contributed by atoms with Gasteiger partial charge >= 0.3 is 0 Å². The van der Waals surface area contributed by atoms with Crippen LogP contribution in [0.3, 0.4) is 0 Å². The van der Waals surface area contributed by atoms with E-state index in [9.17, 15) is 15.0 Å². The maximum atomic E-state index is 12.6. The molecule has 0 amide bonds. The van der Waals surface area contributed by atoms with Gasteiger partial charge in [-0.3, -0.25) is 4.79 Å². The highest BCUT2D eigenvalue weighted by molar-refractivity contribution is 5.91. The molecule has 32 heavy (non-hydrogen) atoms. The van der Waals surface area contributed by atoms with Gasteiger partial charge in [0.2, 0.25) is 5.95 Å². The zero-order chi connectivity index (χ0) is 22.9. The molecule has 0 unspecified atom stereocenters. The van der Waals surface area contributed by atoms with E-state index in [1.165, 1.54) is 0 Å². The number of aromatic nitrogens is 3. The molecule has 1 aliphatic heterocycles. The van der Waals surface area contributed by atoms with Gasteiger partial charge in [0.15, 0.2) is 11.5 Å². The van der Waals surface area contributed by atoms with Gasteiger partial charge in [0, 0.05) is 31.0 Å². The number of rotatable bonds is 6. The summed E-state index contributed by atoms with van der Waals surface area (Å²) < 4.78 is 10.8. The predicted molar refractivity (Wildman–Crippen MR) is 121 cm³/mol. The van der Waals surface area contributed by atoms with Crippen LogP contribution in [0, 0.1) is 6.92 Å². The van der Waals surface area contributed by atoms with E-state index in [2.05, 4.69) is 20.3 Å². The van der Waals surface area contributed by atoms with Crippen molar-refractivity contribution >= 4 is 28.4 Å². The molecule has 1 aromatic carbocycles. The van der Waals surface area contributed by atoms with Crippen molar-refractivity contribution < 1.29 is 19.7 Å². The first-order valence-electron chi connectivity index (χ1n) is 10.3. The van der Waals surface area contributed by atoms with Crippen molar-refractivity contribution in [1.82, 2.24) is 15.0 Å². The maximum Gasteiger partial charge on any atom is 0.261 e. The molecule has 0 spiro atoms. The van der Waals surface area contributed by atoms with Crippen LogP contribution in [0.4, 0.5) is 17.5 Å². The Hall–Kier alpha value is -3.37. The Balaban J connectivity index is 1.76. The molecule has 0 radical (unpaired) electrons. The number of ether oxygens (including phenoxy) is 2. The zero-order valence-corrected chi connectivity index (χ0v) is 18.3. The number of nitrogens with zero attached hydrogens (tertiary/aromatic N) is 3. The van der Waals surface area contributed by atoms with Crippen molar-refractivity contribution in [2.75, 3.05) is 44.1 Å². The number of methoxy groups -OCH3 is 2. The Kier molecular flexibility index (Phi) is 5.90. The molecule has 1 aliphatic rings. The Morgan fingerprint density at radius 3 is 2.62 bits per heavy atom. The van der Waals surface area contributed by atoms with Crippen LogP contribution in [0.1, 0.15) is 18.4 Å². The fourth-order valence-electron chi connectivity index (χ4n) is 3.96. The number of aliphatic hydroxyl groups is 2. The normalized spacial score (nSPS) is 15.6. The van der Waals surface area contributed by atoms with E-state index in [0.717, 1.165) is 5.56 Å². The lowest BCUT2D eigenvalue weighted by molar-refractivity contribution is -0.0327. The minimum absolute atomic E-state index is 0.278. The summed E-state index contributed by atoms with van der Waals surface area (Å²) in [5.74, 6) is 2.00. The molecule has 2 aromatic heterocycles. The van der Waals surface area contributed by atoms with Crippen LogP contribution in [0.5, 0.6) is 11.5 Å². The lowest BCUT2D eigenvalue weighted by atomic mass is 9.93. The smallest absolute Gasteiger partial charge is 0.261 e. The van der Waals surface area contributed by atoms with Crippen LogP contribution < -0.4 is 25.2 Å². The monoisotopic (exact) mass is 441 g/mol. The van der Waals surface area contributed by atoms with Gasteiger partial charge in [0.25, 0.3) is 5.56 Å². The molecule has 170 valence electrons. The summed E-state index contributed by atoms with van der Waals surface area (Å²) in [5.41, 5.74) is 0.662. The quantitative estimate of drug-likeness (QED) is 0.451. The molecular weight excluding hydrogens is 414 g/mol. The summed E-state index contributed by atoms with van der Waals surface area (Å²) in [4.78, 5) is 26.4. The van der Waals surface area contributed by atoms with E-state index in [4.69, 9.17) is 9.47 Å². The van der Waals surface area contributed by atoms with Crippen molar-refractivity contribution in [3.63, 3.8) is 0 Å². The molecule has 0 aliphatic carbocycles. The van der Waals surface area contributed by atoms with Crippen LogP contribution in [0.15, 0.2) is 29.2 Å². The van der Waals surface area contributed by atoms with Crippen LogP contribution in [-0.4, -0.2) is 64.7 Å². The van der Waals surface area contributed by atoms with Gasteiger partial charge in [-0.2, -0.15) is 4.98 Å². The van der Waals surface area contributed by atoms with Crippen molar-refractivity contribution in [1.29, 1.82) is 0 Å². The van der Waals surface area contributed by atoms with E-state index in [-0.39, 0.29) is 12.2 Å². The van der Waals surface area contributed by atoms with Crippen LogP contribution in [0.2, 0.25) is 0 Å². The number of fused-ring (bicyclic) bond motifs is 1. The van der Waals surface area contributed by atoms with E-state index in [1.807, 2.05) is 17.9 Å². The molecule has 0 atom stereocenters. The predicted octanol–water partition coefficient (Wildman–Crippen LogP) is 1.71. The van der Waals surface area contributed by atoms with Crippen LogP contribution in [-0.2, 0) is 0 Å². The van der Waals surface area contributed by atoms with Crippen molar-refractivity contribution in [2.45, 2.75) is 25.4 Å². The average Bonchev–Trinajstić information content (AvgIpc) is 2.79. The van der Waals surface area contributed by atoms with Gasteiger partial charge in [-0.05, 0) is 37.5 Å². The molecule has 10 heteroatoms. The standard InChI is InChI=1S/C22H27N5O5/c1-13-10-14(11-16(31-2)18(13)32-3)24-19-17-15(4-7-23-20(17)29)25-21(26-19)27-8-5-22(30,12-28)6-9-27/h4,7,10-11,28,30H,5-6,8-9,12H2,1-3H3,(H,23,29)(H,24,25,26). The highest BCUT2D eigenvalue weighted by Crippen LogP contribution is 2.36. The summed E-state index contributed by atoms with van der Waals surface area (Å²) in [5, 5.41) is 23.3. The van der Waals surface area contributed by atoms with Crippen molar-refractivity contribution in [3.05, 3.63) is 40.3 Å². The van der Waals surface area contributed by atoms with Gasteiger partial charge in [0.05, 0.1) is 31.9 Å². The number of aryl methyl sites for hydroxylation is 1. The summed E-state index contributed by atoms with van der Waals surface area (Å²) in [6, 6.07) is 5.38. The number of pyridine rings is 1. The number of aliphatic hydroxyl groups excluding tert-OH is 1. The highest BCUT2D eigenvalue weighted by atomic mass is 16.5. The van der Waals surface area contributed by atoms with E-state index >= 15 is 0 Å². The Bertz CT molecular complexity index is 1190. The minimum atomic E-state index is -1.08. The largest absolute Gasteiger partial charge is 0.493 e. The van der Waals surface area contributed by atoms with Crippen molar-refractivity contribution in [3.8, 4) is 11.5 Å². The molecule has 0 bridgehead atoms.